The smallest absolute Gasteiger partial charge is 0.275 e. The van der Waals surface area contributed by atoms with E-state index >= 15 is 0 Å². The van der Waals surface area contributed by atoms with Crippen molar-refractivity contribution in [2.24, 2.45) is 7.05 Å². The molecule has 28 heavy (non-hydrogen) atoms. The van der Waals surface area contributed by atoms with Crippen molar-refractivity contribution in [1.82, 2.24) is 29.4 Å². The molecule has 0 spiro atoms. The van der Waals surface area contributed by atoms with E-state index in [1.807, 2.05) is 37.5 Å². The molecule has 0 aliphatic carbocycles. The third kappa shape index (κ3) is 3.98. The van der Waals surface area contributed by atoms with Crippen LogP contribution in [0.2, 0.25) is 0 Å². The normalized spacial score (nSPS) is 23.9. The van der Waals surface area contributed by atoms with Crippen LogP contribution in [0, 0.1) is 0 Å². The van der Waals surface area contributed by atoms with Crippen molar-refractivity contribution in [3.05, 3.63) is 35.9 Å². The van der Waals surface area contributed by atoms with Crippen LogP contribution in [0.1, 0.15) is 48.3 Å². The molecule has 152 valence electrons. The van der Waals surface area contributed by atoms with Crippen molar-refractivity contribution >= 4 is 5.91 Å². The molecule has 1 amide bonds. The number of rotatable bonds is 5. The second kappa shape index (κ2) is 8.45. The molecule has 2 fully saturated rings. The summed E-state index contributed by atoms with van der Waals surface area (Å²) in [7, 11) is 1.90. The maximum atomic E-state index is 13.3. The van der Waals surface area contributed by atoms with Gasteiger partial charge >= 0.3 is 0 Å². The Labute approximate surface area is 166 Å². The molecule has 0 saturated carbocycles. The Hall–Kier alpha value is -2.19. The van der Waals surface area contributed by atoms with Crippen LogP contribution < -0.4 is 0 Å². The summed E-state index contributed by atoms with van der Waals surface area (Å²) in [4.78, 5) is 17.7. The fourth-order valence-corrected chi connectivity index (χ4v) is 4.30. The first-order valence-corrected chi connectivity index (χ1v) is 10.3. The maximum Gasteiger partial charge on any atom is 0.275 e. The summed E-state index contributed by atoms with van der Waals surface area (Å²) in [5.41, 5.74) is 1.52. The van der Waals surface area contributed by atoms with E-state index in [0.717, 1.165) is 31.7 Å². The van der Waals surface area contributed by atoms with Crippen molar-refractivity contribution in [2.45, 2.75) is 44.9 Å². The van der Waals surface area contributed by atoms with E-state index in [-0.39, 0.29) is 18.1 Å². The number of carbonyl (C=O) groups is 1. The van der Waals surface area contributed by atoms with Gasteiger partial charge in [-0.25, -0.2) is 0 Å². The Bertz CT molecular complexity index is 794. The Morgan fingerprint density at radius 2 is 2.07 bits per heavy atom. The number of morpholine rings is 1. The number of ether oxygens (including phenoxy) is 1. The first kappa shape index (κ1) is 19.1. The first-order valence-electron chi connectivity index (χ1n) is 10.3. The standard InChI is InChI=1S/C20H30N6O2/c1-3-25-10-7-17(22-25)20(27)26-11-12-28-18(15-24-8-5-4-6-9-24)19(26)16-13-21-23(2)14-16/h7,10,13-14,18-19H,3-6,8-9,11-12,15H2,1-2H3/t18-,19-/m0/s1. The fourth-order valence-electron chi connectivity index (χ4n) is 4.30. The van der Waals surface area contributed by atoms with Crippen LogP contribution in [0.4, 0.5) is 0 Å². The van der Waals surface area contributed by atoms with E-state index in [2.05, 4.69) is 15.1 Å². The first-order chi connectivity index (χ1) is 13.7. The Morgan fingerprint density at radius 1 is 1.25 bits per heavy atom. The zero-order valence-electron chi connectivity index (χ0n) is 16.8. The molecule has 8 nitrogen and oxygen atoms in total. The SMILES string of the molecule is CCn1ccc(C(=O)N2CCO[C@@H](CN3CCCCC3)[C@@H]2c2cnn(C)c2)n1. The van der Waals surface area contributed by atoms with E-state index in [0.29, 0.717) is 18.8 Å². The number of hydrogen-bond acceptors (Lipinski definition) is 5. The van der Waals surface area contributed by atoms with Gasteiger partial charge in [0.25, 0.3) is 5.91 Å². The van der Waals surface area contributed by atoms with Gasteiger partial charge in [0.1, 0.15) is 5.69 Å². The monoisotopic (exact) mass is 386 g/mol. The predicted molar refractivity (Wildman–Crippen MR) is 105 cm³/mol. The van der Waals surface area contributed by atoms with Crippen LogP contribution in [0.3, 0.4) is 0 Å². The van der Waals surface area contributed by atoms with Crippen LogP contribution in [0.15, 0.2) is 24.7 Å². The molecule has 0 aromatic carbocycles. The predicted octanol–water partition coefficient (Wildman–Crippen LogP) is 1.70. The third-order valence-electron chi connectivity index (χ3n) is 5.75. The minimum absolute atomic E-state index is 0.0343. The lowest BCUT2D eigenvalue weighted by Gasteiger charge is -2.42. The second-order valence-corrected chi connectivity index (χ2v) is 7.72. The minimum atomic E-state index is -0.149. The summed E-state index contributed by atoms with van der Waals surface area (Å²) in [6.07, 6.45) is 9.42. The van der Waals surface area contributed by atoms with Gasteiger partial charge in [-0.05, 0) is 38.9 Å². The molecule has 0 N–H and O–H groups in total. The summed E-state index contributed by atoms with van der Waals surface area (Å²) in [6.45, 7) is 6.93. The summed E-state index contributed by atoms with van der Waals surface area (Å²) < 4.78 is 9.78. The zero-order valence-corrected chi connectivity index (χ0v) is 16.8. The topological polar surface area (TPSA) is 68.4 Å². The molecule has 2 aromatic heterocycles. The summed E-state index contributed by atoms with van der Waals surface area (Å²) >= 11 is 0. The van der Waals surface area contributed by atoms with Gasteiger partial charge in [-0.3, -0.25) is 14.2 Å². The Morgan fingerprint density at radius 3 is 2.75 bits per heavy atom. The zero-order chi connectivity index (χ0) is 19.5. The number of aromatic nitrogens is 4. The van der Waals surface area contributed by atoms with Crippen LogP contribution in [0.25, 0.3) is 0 Å². The van der Waals surface area contributed by atoms with Gasteiger partial charge in [0, 0.05) is 44.6 Å². The molecule has 8 heteroatoms. The number of aryl methyl sites for hydroxylation is 2. The maximum absolute atomic E-state index is 13.3. The van der Waals surface area contributed by atoms with Crippen LogP contribution in [-0.4, -0.2) is 74.2 Å². The fraction of sp³-hybridized carbons (Fsp3) is 0.650. The van der Waals surface area contributed by atoms with Gasteiger partial charge < -0.3 is 14.5 Å². The van der Waals surface area contributed by atoms with Crippen LogP contribution >= 0.6 is 0 Å². The van der Waals surface area contributed by atoms with Crippen LogP contribution in [0.5, 0.6) is 0 Å². The number of nitrogens with zero attached hydrogens (tertiary/aromatic N) is 6. The number of carbonyl (C=O) groups excluding carboxylic acids is 1. The average Bonchev–Trinajstić information content (AvgIpc) is 3.37. The highest BCUT2D eigenvalue weighted by Crippen LogP contribution is 2.31. The van der Waals surface area contributed by atoms with E-state index in [9.17, 15) is 4.79 Å². The van der Waals surface area contributed by atoms with Gasteiger partial charge in [-0.2, -0.15) is 10.2 Å². The van der Waals surface area contributed by atoms with Gasteiger partial charge in [-0.15, -0.1) is 0 Å². The highest BCUT2D eigenvalue weighted by molar-refractivity contribution is 5.92. The molecule has 2 saturated heterocycles. The Balaban J connectivity index is 1.60. The summed E-state index contributed by atoms with van der Waals surface area (Å²) in [6, 6.07) is 1.66. The molecule has 0 unspecified atom stereocenters. The summed E-state index contributed by atoms with van der Waals surface area (Å²) in [5.74, 6) is -0.0343. The molecule has 2 aromatic rings. The molecule has 0 radical (unpaired) electrons. The molecular formula is C20H30N6O2. The molecule has 4 heterocycles. The van der Waals surface area contributed by atoms with Gasteiger partial charge in [0.05, 0.1) is 24.9 Å². The average molecular weight is 387 g/mol. The molecule has 0 bridgehead atoms. The third-order valence-corrected chi connectivity index (χ3v) is 5.75. The lowest BCUT2D eigenvalue weighted by atomic mass is 9.99. The van der Waals surface area contributed by atoms with E-state index < -0.39 is 0 Å². The number of amides is 1. The summed E-state index contributed by atoms with van der Waals surface area (Å²) in [5, 5.41) is 8.78. The van der Waals surface area contributed by atoms with Crippen molar-refractivity contribution < 1.29 is 9.53 Å². The highest BCUT2D eigenvalue weighted by Gasteiger charge is 2.39. The molecule has 4 rings (SSSR count). The quantitative estimate of drug-likeness (QED) is 0.782. The second-order valence-electron chi connectivity index (χ2n) is 7.72. The van der Waals surface area contributed by atoms with Crippen molar-refractivity contribution in [1.29, 1.82) is 0 Å². The van der Waals surface area contributed by atoms with Crippen molar-refractivity contribution in [3.63, 3.8) is 0 Å². The lowest BCUT2D eigenvalue weighted by molar-refractivity contribution is -0.0743. The van der Waals surface area contributed by atoms with Crippen molar-refractivity contribution in [3.8, 4) is 0 Å². The lowest BCUT2D eigenvalue weighted by Crippen LogP contribution is -2.52. The van der Waals surface area contributed by atoms with E-state index in [4.69, 9.17) is 4.74 Å². The highest BCUT2D eigenvalue weighted by atomic mass is 16.5. The van der Waals surface area contributed by atoms with Gasteiger partial charge in [0.2, 0.25) is 0 Å². The van der Waals surface area contributed by atoms with Gasteiger partial charge in [-0.1, -0.05) is 6.42 Å². The van der Waals surface area contributed by atoms with Crippen molar-refractivity contribution in [2.75, 3.05) is 32.8 Å². The molecule has 2 atom stereocenters. The minimum Gasteiger partial charge on any atom is -0.373 e. The molecular weight excluding hydrogens is 356 g/mol. The van der Waals surface area contributed by atoms with Gasteiger partial charge in [0.15, 0.2) is 0 Å². The molecule has 2 aliphatic heterocycles. The Kier molecular flexibility index (Phi) is 5.77. The number of piperidine rings is 1. The van der Waals surface area contributed by atoms with E-state index in [1.165, 1.54) is 19.3 Å². The number of likely N-dealkylation sites (tertiary alicyclic amines) is 1. The van der Waals surface area contributed by atoms with E-state index in [1.54, 1.807) is 15.4 Å². The largest absolute Gasteiger partial charge is 0.373 e. The number of hydrogen-bond donors (Lipinski definition) is 0. The molecule has 2 aliphatic rings. The van der Waals surface area contributed by atoms with Crippen LogP contribution in [-0.2, 0) is 18.3 Å².